The van der Waals surface area contributed by atoms with Crippen LogP contribution in [0.2, 0.25) is 0 Å². The summed E-state index contributed by atoms with van der Waals surface area (Å²) in [6, 6.07) is 8.59. The molecule has 2 fully saturated rings. The Hall–Kier alpha value is -3.26. The molecule has 0 radical (unpaired) electrons. The minimum absolute atomic E-state index is 0.0106. The zero-order valence-corrected chi connectivity index (χ0v) is 25.8. The molecule has 42 heavy (non-hydrogen) atoms. The summed E-state index contributed by atoms with van der Waals surface area (Å²) in [5, 5.41) is 0. The van der Waals surface area contributed by atoms with Crippen LogP contribution >= 0.6 is 0 Å². The van der Waals surface area contributed by atoms with E-state index in [1.807, 2.05) is 20.2 Å². The van der Waals surface area contributed by atoms with Gasteiger partial charge in [0.25, 0.3) is 0 Å². The average Bonchev–Trinajstić information content (AvgIpc) is 3.22. The van der Waals surface area contributed by atoms with Gasteiger partial charge < -0.3 is 14.4 Å². The fourth-order valence-corrected chi connectivity index (χ4v) is 8.45. The lowest BCUT2D eigenvalue weighted by molar-refractivity contribution is -0.186. The van der Waals surface area contributed by atoms with Crippen LogP contribution in [-0.2, 0) is 28.7 Å². The maximum Gasteiger partial charge on any atom is 0.320 e. The van der Waals surface area contributed by atoms with Crippen molar-refractivity contribution < 1.29 is 28.7 Å². The highest BCUT2D eigenvalue weighted by Gasteiger charge is 2.68. The number of carbonyl (C=O) groups is 4. The maximum absolute atomic E-state index is 14.1. The van der Waals surface area contributed by atoms with E-state index in [1.165, 1.54) is 29.2 Å². The summed E-state index contributed by atoms with van der Waals surface area (Å²) in [6.07, 6.45) is 6.64. The molecule has 0 bridgehead atoms. The first kappa shape index (κ1) is 30.2. The van der Waals surface area contributed by atoms with Crippen molar-refractivity contribution in [3.05, 3.63) is 52.6 Å². The second-order valence-electron chi connectivity index (χ2n) is 13.3. The molecule has 0 aromatic heterocycles. The SMILES string of the molecule is CC(=O)O[C@]1(C(=O)COC(=O)CN(C)C)CCC2C3CCC4=CC(=O)CCC4=C3[C@@H](c3ccc(N(C)C)cc3)C[C@@]21C. The van der Waals surface area contributed by atoms with Gasteiger partial charge in [0.15, 0.2) is 18.0 Å². The van der Waals surface area contributed by atoms with Crippen LogP contribution in [0.5, 0.6) is 0 Å². The van der Waals surface area contributed by atoms with E-state index in [0.29, 0.717) is 19.3 Å². The fraction of sp³-hybridized carbons (Fsp3) is 0.588. The minimum atomic E-state index is -1.38. The molecule has 0 aliphatic heterocycles. The van der Waals surface area contributed by atoms with E-state index >= 15 is 0 Å². The number of carbonyl (C=O) groups excluding carboxylic acids is 4. The Morgan fingerprint density at radius 3 is 2.36 bits per heavy atom. The number of ether oxygens (including phenoxy) is 2. The van der Waals surface area contributed by atoms with Crippen molar-refractivity contribution >= 4 is 29.2 Å². The number of likely N-dealkylation sites (N-methyl/N-ethyl adjacent to an activating group) is 1. The summed E-state index contributed by atoms with van der Waals surface area (Å²) in [5.41, 5.74) is 4.13. The average molecular weight is 577 g/mol. The van der Waals surface area contributed by atoms with Gasteiger partial charge in [0, 0.05) is 44.5 Å². The Morgan fingerprint density at radius 1 is 1.00 bits per heavy atom. The molecule has 2 saturated carbocycles. The molecule has 0 amide bonds. The molecule has 5 rings (SSSR count). The molecule has 0 heterocycles. The summed E-state index contributed by atoms with van der Waals surface area (Å²) < 4.78 is 11.5. The van der Waals surface area contributed by atoms with E-state index in [4.69, 9.17) is 9.47 Å². The molecular formula is C34H44N2O6. The van der Waals surface area contributed by atoms with Crippen molar-refractivity contribution in [2.75, 3.05) is 46.2 Å². The molecule has 0 spiro atoms. The normalized spacial score (nSPS) is 30.2. The Bertz CT molecular complexity index is 1340. The monoisotopic (exact) mass is 576 g/mol. The van der Waals surface area contributed by atoms with E-state index in [0.717, 1.165) is 31.4 Å². The van der Waals surface area contributed by atoms with Crippen LogP contribution in [-0.4, -0.2) is 75.3 Å². The van der Waals surface area contributed by atoms with Gasteiger partial charge in [-0.2, -0.15) is 0 Å². The highest BCUT2D eigenvalue weighted by Crippen LogP contribution is 2.67. The summed E-state index contributed by atoms with van der Waals surface area (Å²) >= 11 is 0. The lowest BCUT2D eigenvalue weighted by Gasteiger charge is -2.55. The second-order valence-corrected chi connectivity index (χ2v) is 13.3. The summed E-state index contributed by atoms with van der Waals surface area (Å²) in [4.78, 5) is 55.2. The number of esters is 2. The smallest absolute Gasteiger partial charge is 0.320 e. The number of nitrogens with zero attached hydrogens (tertiary/aromatic N) is 2. The van der Waals surface area contributed by atoms with Gasteiger partial charge in [-0.05, 0) is 99.4 Å². The van der Waals surface area contributed by atoms with Gasteiger partial charge in [0.1, 0.15) is 0 Å². The Morgan fingerprint density at radius 2 is 1.71 bits per heavy atom. The fourth-order valence-electron chi connectivity index (χ4n) is 8.45. The van der Waals surface area contributed by atoms with E-state index in [9.17, 15) is 19.2 Å². The Kier molecular flexibility index (Phi) is 8.23. The van der Waals surface area contributed by atoms with Crippen LogP contribution in [0.1, 0.15) is 70.3 Å². The summed E-state index contributed by atoms with van der Waals surface area (Å²) in [7, 11) is 7.56. The van der Waals surface area contributed by atoms with Crippen molar-refractivity contribution in [1.29, 1.82) is 0 Å². The highest BCUT2D eigenvalue weighted by atomic mass is 16.6. The van der Waals surface area contributed by atoms with Crippen LogP contribution in [0, 0.1) is 17.3 Å². The molecular weight excluding hydrogens is 532 g/mol. The number of benzene rings is 1. The molecule has 4 aliphatic rings. The molecule has 226 valence electrons. The largest absolute Gasteiger partial charge is 0.457 e. The number of hydrogen-bond acceptors (Lipinski definition) is 8. The molecule has 4 aliphatic carbocycles. The van der Waals surface area contributed by atoms with E-state index in [2.05, 4.69) is 36.1 Å². The Labute approximate surface area is 249 Å². The number of allylic oxidation sites excluding steroid dienone is 4. The van der Waals surface area contributed by atoms with Gasteiger partial charge >= 0.3 is 11.9 Å². The molecule has 8 nitrogen and oxygen atoms in total. The van der Waals surface area contributed by atoms with E-state index < -0.39 is 29.6 Å². The topological polar surface area (TPSA) is 93.2 Å². The number of fused-ring (bicyclic) bond motifs is 4. The Balaban J connectivity index is 1.59. The first-order chi connectivity index (χ1) is 19.9. The quantitative estimate of drug-likeness (QED) is 0.414. The standard InChI is InChI=1S/C34H44N2O6/c1-21(37)42-34(30(39)20-41-31(40)19-35(3)4)16-15-29-27-13-9-23-17-25(38)12-14-26(23)32(27)28(18-33(29,34)2)22-7-10-24(11-8-22)36(5)6/h7-8,10-11,17,27-29H,9,12-16,18-20H2,1-6H3/t27?,28-,29?,33+,34+/m1/s1. The zero-order valence-electron chi connectivity index (χ0n) is 25.8. The molecule has 0 N–H and O–H groups in total. The number of ketones is 2. The van der Waals surface area contributed by atoms with Crippen molar-refractivity contribution in [3.63, 3.8) is 0 Å². The van der Waals surface area contributed by atoms with Gasteiger partial charge in [0.05, 0.1) is 6.54 Å². The molecule has 1 aromatic carbocycles. The lowest BCUT2D eigenvalue weighted by atomic mass is 9.50. The predicted molar refractivity (Wildman–Crippen MR) is 160 cm³/mol. The van der Waals surface area contributed by atoms with Crippen LogP contribution in [0.15, 0.2) is 47.1 Å². The highest BCUT2D eigenvalue weighted by molar-refractivity contribution is 5.94. The summed E-state index contributed by atoms with van der Waals surface area (Å²) in [5.74, 6) is -0.783. The van der Waals surface area contributed by atoms with Crippen LogP contribution in [0.4, 0.5) is 5.69 Å². The van der Waals surface area contributed by atoms with E-state index in [-0.39, 0.29) is 35.9 Å². The van der Waals surface area contributed by atoms with Gasteiger partial charge in [-0.15, -0.1) is 0 Å². The van der Waals surface area contributed by atoms with Crippen molar-refractivity contribution in [3.8, 4) is 0 Å². The maximum atomic E-state index is 14.1. The third-order valence-electron chi connectivity index (χ3n) is 10.2. The second kappa shape index (κ2) is 11.4. The number of anilines is 1. The molecule has 2 unspecified atom stereocenters. The first-order valence-corrected chi connectivity index (χ1v) is 15.1. The number of rotatable bonds is 8. The van der Waals surface area contributed by atoms with Gasteiger partial charge in [-0.3, -0.25) is 24.1 Å². The van der Waals surface area contributed by atoms with Gasteiger partial charge in [0.2, 0.25) is 5.78 Å². The van der Waals surface area contributed by atoms with Crippen LogP contribution in [0.25, 0.3) is 0 Å². The molecule has 0 saturated heterocycles. The van der Waals surface area contributed by atoms with E-state index in [1.54, 1.807) is 19.0 Å². The third kappa shape index (κ3) is 5.23. The van der Waals surface area contributed by atoms with Gasteiger partial charge in [-0.25, -0.2) is 0 Å². The lowest BCUT2D eigenvalue weighted by Crippen LogP contribution is -2.58. The van der Waals surface area contributed by atoms with Gasteiger partial charge in [-0.1, -0.05) is 24.6 Å². The van der Waals surface area contributed by atoms with Crippen molar-refractivity contribution in [1.82, 2.24) is 4.90 Å². The molecule has 1 aromatic rings. The van der Waals surface area contributed by atoms with Crippen LogP contribution in [0.3, 0.4) is 0 Å². The van der Waals surface area contributed by atoms with Crippen molar-refractivity contribution in [2.45, 2.75) is 70.3 Å². The molecule has 5 atom stereocenters. The predicted octanol–water partition coefficient (Wildman–Crippen LogP) is 4.63. The minimum Gasteiger partial charge on any atom is -0.457 e. The molecule has 8 heteroatoms. The number of Topliss-reactive ketones (excluding diaryl/α,β-unsaturated/α-hetero) is 1. The van der Waals surface area contributed by atoms with Crippen molar-refractivity contribution in [2.24, 2.45) is 17.3 Å². The number of hydrogen-bond donors (Lipinski definition) is 0. The van der Waals surface area contributed by atoms with Crippen LogP contribution < -0.4 is 4.90 Å². The first-order valence-electron chi connectivity index (χ1n) is 15.1. The third-order valence-corrected chi connectivity index (χ3v) is 10.2. The summed E-state index contributed by atoms with van der Waals surface area (Å²) in [6.45, 7) is 3.12. The zero-order chi connectivity index (χ0) is 30.4.